The Morgan fingerprint density at radius 2 is 2.18 bits per heavy atom. The number of hydrogen-bond acceptors (Lipinski definition) is 5. The van der Waals surface area contributed by atoms with Gasteiger partial charge in [0, 0.05) is 11.3 Å². The summed E-state index contributed by atoms with van der Waals surface area (Å²) in [7, 11) is 0. The Kier molecular flexibility index (Phi) is 6.52. The van der Waals surface area contributed by atoms with Crippen LogP contribution in [0.1, 0.15) is 24.1 Å². The van der Waals surface area contributed by atoms with Crippen molar-refractivity contribution >= 4 is 40.4 Å². The number of aryl methyl sites for hydroxylation is 1. The quantitative estimate of drug-likeness (QED) is 0.473. The van der Waals surface area contributed by atoms with Crippen molar-refractivity contribution in [2.75, 3.05) is 5.73 Å². The highest BCUT2D eigenvalue weighted by Crippen LogP contribution is 2.31. The summed E-state index contributed by atoms with van der Waals surface area (Å²) in [5.74, 6) is -0.829. The lowest BCUT2D eigenvalue weighted by Gasteiger charge is -1.97. The number of aliphatic carboxylic acids is 1. The highest BCUT2D eigenvalue weighted by Gasteiger charge is 2.14. The first-order valence-electron chi connectivity index (χ1n) is 4.75. The first kappa shape index (κ1) is 15.7. The van der Waals surface area contributed by atoms with Crippen molar-refractivity contribution in [3.8, 4) is 0 Å². The molecule has 0 spiro atoms. The number of carboxylic acid groups (broad SMARTS) is 1. The summed E-state index contributed by atoms with van der Waals surface area (Å²) >= 11 is 1.05. The zero-order chi connectivity index (χ0) is 12.1. The van der Waals surface area contributed by atoms with Gasteiger partial charge in [-0.1, -0.05) is 11.3 Å². The van der Waals surface area contributed by atoms with E-state index in [1.165, 1.54) is 6.07 Å². The van der Waals surface area contributed by atoms with Gasteiger partial charge in [-0.05, 0) is 19.3 Å². The van der Waals surface area contributed by atoms with Crippen molar-refractivity contribution < 1.29 is 14.8 Å². The van der Waals surface area contributed by atoms with Crippen LogP contribution in [0.15, 0.2) is 6.07 Å². The van der Waals surface area contributed by atoms with E-state index in [1.807, 2.05) is 0 Å². The number of carboxylic acids is 1. The highest BCUT2D eigenvalue weighted by atomic mass is 35.5. The lowest BCUT2D eigenvalue weighted by Crippen LogP contribution is -1.95. The molecule has 17 heavy (non-hydrogen) atoms. The van der Waals surface area contributed by atoms with Crippen molar-refractivity contribution in [2.45, 2.75) is 25.7 Å². The van der Waals surface area contributed by atoms with E-state index in [0.29, 0.717) is 24.9 Å². The average molecular weight is 281 g/mol. The van der Waals surface area contributed by atoms with Crippen LogP contribution in [0.5, 0.6) is 0 Å². The fourth-order valence-corrected chi connectivity index (χ4v) is 2.21. The molecule has 0 saturated heterocycles. The SMILES string of the molecule is Cl.Nc1cc([N+](=O)[O-])sc1CCCCC(=O)O. The molecule has 0 atom stereocenters. The molecule has 0 bridgehead atoms. The van der Waals surface area contributed by atoms with Crippen molar-refractivity contribution in [1.82, 2.24) is 0 Å². The molecule has 0 fully saturated rings. The molecule has 0 aliphatic heterocycles. The number of unbranched alkanes of at least 4 members (excludes halogenated alkanes) is 1. The van der Waals surface area contributed by atoms with Gasteiger partial charge in [0.2, 0.25) is 0 Å². The number of carbonyl (C=O) groups is 1. The topological polar surface area (TPSA) is 106 Å². The predicted octanol–water partition coefficient (Wildman–Crippen LogP) is 2.46. The molecule has 0 saturated carbocycles. The Morgan fingerprint density at radius 3 is 2.65 bits per heavy atom. The normalized spacial score (nSPS) is 9.65. The zero-order valence-corrected chi connectivity index (χ0v) is 10.6. The molecule has 1 aromatic heterocycles. The summed E-state index contributed by atoms with van der Waals surface area (Å²) in [6.45, 7) is 0. The molecular formula is C9H13ClN2O4S. The summed E-state index contributed by atoms with van der Waals surface area (Å²) in [4.78, 5) is 21.0. The van der Waals surface area contributed by atoms with E-state index in [1.54, 1.807) is 0 Å². The largest absolute Gasteiger partial charge is 0.481 e. The molecule has 96 valence electrons. The first-order valence-corrected chi connectivity index (χ1v) is 5.56. The van der Waals surface area contributed by atoms with Gasteiger partial charge in [-0.25, -0.2) is 0 Å². The molecule has 0 amide bonds. The number of hydrogen-bond donors (Lipinski definition) is 2. The fourth-order valence-electron chi connectivity index (χ4n) is 1.28. The Labute approximate surface area is 108 Å². The monoisotopic (exact) mass is 280 g/mol. The molecule has 3 N–H and O–H groups in total. The van der Waals surface area contributed by atoms with Crippen LogP contribution in [0.25, 0.3) is 0 Å². The van der Waals surface area contributed by atoms with Crippen LogP contribution in [0, 0.1) is 10.1 Å². The van der Waals surface area contributed by atoms with Gasteiger partial charge in [0.05, 0.1) is 16.7 Å². The van der Waals surface area contributed by atoms with Crippen molar-refractivity contribution in [1.29, 1.82) is 0 Å². The molecule has 1 aromatic rings. The Morgan fingerprint density at radius 1 is 1.53 bits per heavy atom. The maximum absolute atomic E-state index is 10.5. The molecule has 0 aliphatic rings. The van der Waals surface area contributed by atoms with Crippen molar-refractivity contribution in [3.63, 3.8) is 0 Å². The number of nitro groups is 1. The van der Waals surface area contributed by atoms with Gasteiger partial charge in [0.25, 0.3) is 0 Å². The molecule has 0 radical (unpaired) electrons. The van der Waals surface area contributed by atoms with Gasteiger partial charge in [0.1, 0.15) is 0 Å². The summed E-state index contributed by atoms with van der Waals surface area (Å²) < 4.78 is 0. The summed E-state index contributed by atoms with van der Waals surface area (Å²) in [6, 6.07) is 1.34. The summed E-state index contributed by atoms with van der Waals surface area (Å²) in [5.41, 5.74) is 6.03. The van der Waals surface area contributed by atoms with Crippen molar-refractivity contribution in [3.05, 3.63) is 21.1 Å². The molecule has 8 heteroatoms. The van der Waals surface area contributed by atoms with Crippen LogP contribution in [-0.4, -0.2) is 16.0 Å². The van der Waals surface area contributed by atoms with Crippen LogP contribution < -0.4 is 5.73 Å². The summed E-state index contributed by atoms with van der Waals surface area (Å²) in [5, 5.41) is 18.9. The van der Waals surface area contributed by atoms with Crippen LogP contribution in [0.2, 0.25) is 0 Å². The lowest BCUT2D eigenvalue weighted by molar-refractivity contribution is -0.380. The van der Waals surface area contributed by atoms with Crippen LogP contribution in [0.4, 0.5) is 10.7 Å². The third kappa shape index (κ3) is 5.01. The van der Waals surface area contributed by atoms with Gasteiger partial charge in [-0.3, -0.25) is 14.9 Å². The highest BCUT2D eigenvalue weighted by molar-refractivity contribution is 7.15. The van der Waals surface area contributed by atoms with E-state index in [2.05, 4.69) is 0 Å². The molecule has 0 aromatic carbocycles. The smallest absolute Gasteiger partial charge is 0.326 e. The predicted molar refractivity (Wildman–Crippen MR) is 67.8 cm³/mol. The van der Waals surface area contributed by atoms with E-state index >= 15 is 0 Å². The molecule has 6 nitrogen and oxygen atoms in total. The molecule has 0 unspecified atom stereocenters. The van der Waals surface area contributed by atoms with Crippen LogP contribution in [0.3, 0.4) is 0 Å². The van der Waals surface area contributed by atoms with Gasteiger partial charge >= 0.3 is 11.0 Å². The standard InChI is InChI=1S/C9H12N2O4S.ClH/c10-6-5-8(11(14)15)16-7(6)3-1-2-4-9(12)13;/h5H,1-4,10H2,(H,12,13);1H. The minimum absolute atomic E-state index is 0. The maximum Gasteiger partial charge on any atom is 0.326 e. The second kappa shape index (κ2) is 7.08. The second-order valence-corrected chi connectivity index (χ2v) is 4.44. The third-order valence-corrected chi connectivity index (χ3v) is 3.22. The molecule has 0 aliphatic carbocycles. The number of rotatable bonds is 6. The number of nitrogen functional groups attached to an aromatic ring is 1. The molecule has 1 rings (SSSR count). The minimum atomic E-state index is -0.829. The van der Waals surface area contributed by atoms with Gasteiger partial charge < -0.3 is 10.8 Å². The lowest BCUT2D eigenvalue weighted by atomic mass is 10.1. The Hall–Kier alpha value is -1.34. The van der Waals surface area contributed by atoms with Crippen LogP contribution >= 0.6 is 23.7 Å². The second-order valence-electron chi connectivity index (χ2n) is 3.32. The van der Waals surface area contributed by atoms with E-state index in [4.69, 9.17) is 10.8 Å². The first-order chi connectivity index (χ1) is 7.50. The average Bonchev–Trinajstić information content (AvgIpc) is 2.55. The zero-order valence-electron chi connectivity index (χ0n) is 8.92. The van der Waals surface area contributed by atoms with Crippen LogP contribution in [-0.2, 0) is 11.2 Å². The van der Waals surface area contributed by atoms with E-state index < -0.39 is 10.9 Å². The fraction of sp³-hybridized carbons (Fsp3) is 0.444. The van der Waals surface area contributed by atoms with Gasteiger partial charge in [-0.15, -0.1) is 12.4 Å². The third-order valence-electron chi connectivity index (χ3n) is 2.05. The van der Waals surface area contributed by atoms with Gasteiger partial charge in [0.15, 0.2) is 0 Å². The van der Waals surface area contributed by atoms with Gasteiger partial charge in [-0.2, -0.15) is 0 Å². The number of nitrogens with zero attached hydrogens (tertiary/aromatic N) is 1. The Balaban J connectivity index is 0.00000256. The number of nitrogens with two attached hydrogens (primary N) is 1. The van der Waals surface area contributed by atoms with E-state index in [9.17, 15) is 14.9 Å². The Bertz CT molecular complexity index is 408. The number of halogens is 1. The minimum Gasteiger partial charge on any atom is -0.481 e. The van der Waals surface area contributed by atoms with E-state index in [-0.39, 0.29) is 23.8 Å². The molecular weight excluding hydrogens is 268 g/mol. The van der Waals surface area contributed by atoms with Crippen molar-refractivity contribution in [2.24, 2.45) is 0 Å². The number of anilines is 1. The van der Waals surface area contributed by atoms with E-state index in [0.717, 1.165) is 16.2 Å². The summed E-state index contributed by atoms with van der Waals surface area (Å²) in [6.07, 6.45) is 1.94. The number of thiophene rings is 1. The molecule has 1 heterocycles. The maximum atomic E-state index is 10.5.